The van der Waals surface area contributed by atoms with E-state index in [1.54, 1.807) is 0 Å². The van der Waals surface area contributed by atoms with E-state index in [1.165, 1.54) is 38.5 Å². The molecule has 0 radical (unpaired) electrons. The van der Waals surface area contributed by atoms with Gasteiger partial charge in [-0.25, -0.2) is 4.57 Å². The number of carbonyl (C=O) groups excluding carboxylic acids is 2. The zero-order valence-corrected chi connectivity index (χ0v) is 47.9. The molecule has 0 aromatic carbocycles. The SMILES string of the molecule is CC/C=C\C/C=C\C/C=C\C/C=C\C/C=C\C/C=C\C/C=C\C/C=C\C/C=C\CCCCCC(=O)OC(COC(=O)CCCCCCCCCCCC/C=C\C/C=C\C/C=C\C/C=C\CC)COP(=O)(O)OCCN. The lowest BCUT2D eigenvalue weighted by Crippen LogP contribution is -2.29. The highest BCUT2D eigenvalue weighted by atomic mass is 31.2. The minimum absolute atomic E-state index is 0.0378. The van der Waals surface area contributed by atoms with Crippen molar-refractivity contribution >= 4 is 19.8 Å². The summed E-state index contributed by atoms with van der Waals surface area (Å²) in [7, 11) is -4.41. The number of hydrogen-bond acceptors (Lipinski definition) is 8. The fraction of sp³-hybridized carbons (Fsp3) is 0.569. The highest BCUT2D eigenvalue weighted by Gasteiger charge is 2.26. The van der Waals surface area contributed by atoms with Gasteiger partial charge in [-0.3, -0.25) is 18.6 Å². The highest BCUT2D eigenvalue weighted by Crippen LogP contribution is 2.43. The topological polar surface area (TPSA) is 134 Å². The first-order valence-corrected chi connectivity index (χ1v) is 30.5. The Morgan fingerprint density at radius 1 is 0.400 bits per heavy atom. The van der Waals surface area contributed by atoms with Gasteiger partial charge in [-0.05, 0) is 122 Å². The van der Waals surface area contributed by atoms with Gasteiger partial charge in [0.2, 0.25) is 0 Å². The molecule has 0 saturated carbocycles. The summed E-state index contributed by atoms with van der Waals surface area (Å²) in [6, 6.07) is 0. The molecule has 0 fully saturated rings. The van der Waals surface area contributed by atoms with Gasteiger partial charge in [0.05, 0.1) is 13.2 Å². The largest absolute Gasteiger partial charge is 0.472 e. The Labute approximate surface area is 458 Å². The van der Waals surface area contributed by atoms with E-state index < -0.39 is 32.5 Å². The maximum Gasteiger partial charge on any atom is 0.472 e. The minimum atomic E-state index is -4.41. The van der Waals surface area contributed by atoms with Crippen LogP contribution in [0.1, 0.15) is 206 Å². The van der Waals surface area contributed by atoms with Gasteiger partial charge in [-0.1, -0.05) is 230 Å². The van der Waals surface area contributed by atoms with Crippen molar-refractivity contribution in [1.82, 2.24) is 0 Å². The molecule has 0 aliphatic rings. The molecule has 0 heterocycles. The van der Waals surface area contributed by atoms with Gasteiger partial charge in [-0.2, -0.15) is 0 Å². The van der Waals surface area contributed by atoms with Crippen LogP contribution in [0.15, 0.2) is 158 Å². The number of rotatable bonds is 52. The van der Waals surface area contributed by atoms with E-state index in [1.807, 2.05) is 0 Å². The Morgan fingerprint density at radius 2 is 0.693 bits per heavy atom. The van der Waals surface area contributed by atoms with Gasteiger partial charge in [-0.15, -0.1) is 0 Å². The Balaban J connectivity index is 4.13. The van der Waals surface area contributed by atoms with Gasteiger partial charge in [0.1, 0.15) is 6.61 Å². The molecular weight excluding hydrogens is 954 g/mol. The molecule has 0 bridgehead atoms. The molecule has 0 rings (SSSR count). The lowest BCUT2D eigenvalue weighted by atomic mass is 10.1. The van der Waals surface area contributed by atoms with Gasteiger partial charge >= 0.3 is 19.8 Å². The second kappa shape index (κ2) is 58.9. The fourth-order valence-electron chi connectivity index (χ4n) is 7.21. The molecule has 75 heavy (non-hydrogen) atoms. The van der Waals surface area contributed by atoms with Crippen LogP contribution in [0.25, 0.3) is 0 Å². The van der Waals surface area contributed by atoms with Crippen molar-refractivity contribution in [3.63, 3.8) is 0 Å². The quantitative estimate of drug-likeness (QED) is 0.0264. The first-order valence-electron chi connectivity index (χ1n) is 29.0. The summed E-state index contributed by atoms with van der Waals surface area (Å²) in [6.45, 7) is 3.45. The summed E-state index contributed by atoms with van der Waals surface area (Å²) in [6.07, 6.45) is 85.8. The highest BCUT2D eigenvalue weighted by molar-refractivity contribution is 7.47. The van der Waals surface area contributed by atoms with Crippen molar-refractivity contribution in [3.05, 3.63) is 158 Å². The molecule has 0 aromatic rings. The monoisotopic (exact) mass is 1060 g/mol. The van der Waals surface area contributed by atoms with Crippen LogP contribution in [0.3, 0.4) is 0 Å². The average Bonchev–Trinajstić information content (AvgIpc) is 3.40. The van der Waals surface area contributed by atoms with Crippen LogP contribution < -0.4 is 5.73 Å². The predicted molar refractivity (Wildman–Crippen MR) is 320 cm³/mol. The van der Waals surface area contributed by atoms with Crippen LogP contribution in [0.2, 0.25) is 0 Å². The predicted octanol–water partition coefficient (Wildman–Crippen LogP) is 18.5. The van der Waals surface area contributed by atoms with Crippen molar-refractivity contribution in [3.8, 4) is 0 Å². The second-order valence-corrected chi connectivity index (χ2v) is 19.8. The lowest BCUT2D eigenvalue weighted by molar-refractivity contribution is -0.161. The van der Waals surface area contributed by atoms with E-state index in [2.05, 4.69) is 172 Å². The van der Waals surface area contributed by atoms with Gasteiger partial charge in [0, 0.05) is 19.4 Å². The molecule has 0 aromatic heterocycles. The van der Waals surface area contributed by atoms with E-state index in [4.69, 9.17) is 24.3 Å². The Hall–Kier alpha value is -4.37. The Kier molecular flexibility index (Phi) is 55.5. The zero-order chi connectivity index (χ0) is 54.5. The number of hydrogen-bond donors (Lipinski definition) is 2. The molecule has 2 unspecified atom stereocenters. The molecule has 10 heteroatoms. The summed E-state index contributed by atoms with van der Waals surface area (Å²) in [5, 5.41) is 0. The fourth-order valence-corrected chi connectivity index (χ4v) is 7.97. The summed E-state index contributed by atoms with van der Waals surface area (Å²) in [4.78, 5) is 35.2. The van der Waals surface area contributed by atoms with E-state index in [0.29, 0.717) is 12.8 Å². The zero-order valence-electron chi connectivity index (χ0n) is 47.0. The summed E-state index contributed by atoms with van der Waals surface area (Å²) >= 11 is 0. The normalized spacial score (nSPS) is 14.2. The first kappa shape index (κ1) is 70.6. The molecule has 0 amide bonds. The molecular formula is C65H104NO8P. The maximum absolute atomic E-state index is 12.7. The standard InChI is InChI=1S/C65H104NO8P/c1-3-5-7-9-11-13-15-17-19-21-23-25-27-28-29-30-31-32-33-34-36-38-40-42-44-46-48-50-52-54-56-58-65(68)74-63(62-73-75(69,70)72-60-59-66)61-71-64(67)57-55-53-51-49-47-45-43-41-39-37-35-26-24-22-20-18-16-14-12-10-8-6-4-2/h5-8,11-14,17-20,23-26,28-29,31-32,34,36,40,42,46,48,63H,3-4,9-10,15-16,21-22,27,30,33,35,37-39,41,43-45,47,49-62,66H2,1-2H3,(H,69,70)/b7-5-,8-6-,13-11-,14-12-,19-17-,20-18-,25-23-,26-24-,29-28-,32-31-,36-34-,42-40-,48-46-. The van der Waals surface area contributed by atoms with Crippen molar-refractivity contribution < 1.29 is 37.6 Å². The molecule has 0 spiro atoms. The first-order chi connectivity index (χ1) is 36.8. The molecule has 422 valence electrons. The van der Waals surface area contributed by atoms with Crippen molar-refractivity contribution in [1.29, 1.82) is 0 Å². The number of unbranched alkanes of at least 4 members (excludes halogenated alkanes) is 13. The van der Waals surface area contributed by atoms with Crippen LogP contribution in [-0.2, 0) is 32.7 Å². The molecule has 0 aliphatic carbocycles. The van der Waals surface area contributed by atoms with Crippen LogP contribution in [0.4, 0.5) is 0 Å². The van der Waals surface area contributed by atoms with Gasteiger partial charge in [0.25, 0.3) is 0 Å². The van der Waals surface area contributed by atoms with E-state index in [-0.39, 0.29) is 32.6 Å². The van der Waals surface area contributed by atoms with E-state index in [0.717, 1.165) is 128 Å². The van der Waals surface area contributed by atoms with Crippen LogP contribution in [-0.4, -0.2) is 49.3 Å². The van der Waals surface area contributed by atoms with Crippen molar-refractivity contribution in [2.24, 2.45) is 5.73 Å². The third-order valence-electron chi connectivity index (χ3n) is 11.4. The molecule has 9 nitrogen and oxygen atoms in total. The van der Waals surface area contributed by atoms with Gasteiger partial charge < -0.3 is 20.1 Å². The minimum Gasteiger partial charge on any atom is -0.462 e. The number of esters is 2. The third kappa shape index (κ3) is 58.7. The number of allylic oxidation sites excluding steroid dienone is 26. The molecule has 3 N–H and O–H groups in total. The Bertz CT molecular complexity index is 1780. The van der Waals surface area contributed by atoms with Crippen molar-refractivity contribution in [2.75, 3.05) is 26.4 Å². The second-order valence-electron chi connectivity index (χ2n) is 18.4. The summed E-state index contributed by atoms with van der Waals surface area (Å²) < 4.78 is 33.0. The van der Waals surface area contributed by atoms with E-state index >= 15 is 0 Å². The van der Waals surface area contributed by atoms with Crippen molar-refractivity contribution in [2.45, 2.75) is 213 Å². The van der Waals surface area contributed by atoms with Gasteiger partial charge in [0.15, 0.2) is 6.10 Å². The lowest BCUT2D eigenvalue weighted by Gasteiger charge is -2.19. The smallest absolute Gasteiger partial charge is 0.462 e. The molecule has 0 aliphatic heterocycles. The van der Waals surface area contributed by atoms with Crippen LogP contribution in [0.5, 0.6) is 0 Å². The summed E-state index contributed by atoms with van der Waals surface area (Å²) in [5.74, 6) is -0.884. The van der Waals surface area contributed by atoms with Crippen LogP contribution in [0, 0.1) is 0 Å². The maximum atomic E-state index is 12.7. The number of phosphoric ester groups is 1. The number of nitrogens with two attached hydrogens (primary N) is 1. The molecule has 2 atom stereocenters. The van der Waals surface area contributed by atoms with E-state index in [9.17, 15) is 19.0 Å². The van der Waals surface area contributed by atoms with Crippen LogP contribution >= 0.6 is 7.82 Å². The third-order valence-corrected chi connectivity index (χ3v) is 12.4. The molecule has 0 saturated heterocycles. The Morgan fingerprint density at radius 3 is 1.04 bits per heavy atom. The summed E-state index contributed by atoms with van der Waals surface area (Å²) in [5.41, 5.74) is 5.38. The number of carbonyl (C=O) groups is 2. The number of ether oxygens (including phenoxy) is 2. The number of phosphoric acid groups is 1. The average molecular weight is 1060 g/mol.